The van der Waals surface area contributed by atoms with Crippen LogP contribution in [-0.2, 0) is 11.3 Å². The number of hydrogen-bond acceptors (Lipinski definition) is 6. The van der Waals surface area contributed by atoms with E-state index in [1.165, 1.54) is 24.5 Å². The van der Waals surface area contributed by atoms with Crippen molar-refractivity contribution in [2.45, 2.75) is 13.0 Å². The number of carboxylic acids is 1. The number of aliphatic carboxylic acids is 1. The van der Waals surface area contributed by atoms with Gasteiger partial charge >= 0.3 is 12.0 Å². The fourth-order valence-electron chi connectivity index (χ4n) is 3.54. The molecule has 0 fully saturated rings. The quantitative estimate of drug-likeness (QED) is 0.177. The van der Waals surface area contributed by atoms with Gasteiger partial charge in [0.2, 0.25) is 0 Å². The number of nitrogens with zero attached hydrogens (tertiary/aromatic N) is 1. The summed E-state index contributed by atoms with van der Waals surface area (Å²) < 4.78 is 20.5. The maximum Gasteiger partial charge on any atom is 0.323 e. The minimum atomic E-state index is -1.01. The molecule has 0 aliphatic heterocycles. The number of benzene rings is 2. The Bertz CT molecular complexity index is 1510. The number of nitrogens with two attached hydrogens (primary N) is 1. The normalized spacial score (nSPS) is 10.5. The number of aromatic amines is 1. The molecule has 2 heterocycles. The van der Waals surface area contributed by atoms with Crippen LogP contribution in [0.3, 0.4) is 0 Å². The third kappa shape index (κ3) is 7.40. The molecule has 0 spiro atoms. The lowest BCUT2D eigenvalue weighted by molar-refractivity contribution is -0.136. The Morgan fingerprint density at radius 3 is 2.62 bits per heavy atom. The molecule has 200 valence electrons. The highest BCUT2D eigenvalue weighted by atomic mass is 19.1. The average molecular weight is 533 g/mol. The van der Waals surface area contributed by atoms with Crippen LogP contribution in [0.1, 0.15) is 22.3 Å². The second-order valence-corrected chi connectivity index (χ2v) is 8.31. The molecule has 0 saturated carbocycles. The SMILES string of the molecule is NCc1cccc(NC(=O)Nc2ccc(Oc3ccnc(-c4cc(C(=O)NCCC(=O)O)c[nH]4)c3)cc2F)c1. The van der Waals surface area contributed by atoms with Crippen molar-refractivity contribution in [3.63, 3.8) is 0 Å². The Morgan fingerprint density at radius 1 is 1.03 bits per heavy atom. The van der Waals surface area contributed by atoms with Gasteiger partial charge in [0, 0.05) is 43.3 Å². The number of aromatic nitrogens is 2. The van der Waals surface area contributed by atoms with Crippen molar-refractivity contribution in [2.24, 2.45) is 5.73 Å². The van der Waals surface area contributed by atoms with E-state index >= 15 is 0 Å². The minimum Gasteiger partial charge on any atom is -0.481 e. The molecular formula is C27H25FN6O5. The first-order valence-electron chi connectivity index (χ1n) is 11.8. The van der Waals surface area contributed by atoms with Crippen LogP contribution in [0, 0.1) is 5.82 Å². The molecule has 0 saturated heterocycles. The van der Waals surface area contributed by atoms with E-state index in [9.17, 15) is 18.8 Å². The Labute approximate surface area is 222 Å². The van der Waals surface area contributed by atoms with E-state index in [1.54, 1.807) is 36.4 Å². The number of hydrogen-bond donors (Lipinski definition) is 6. The molecule has 0 aliphatic rings. The molecule has 2 aromatic heterocycles. The molecule has 4 aromatic rings. The van der Waals surface area contributed by atoms with Crippen LogP contribution in [0.15, 0.2) is 73.1 Å². The second kappa shape index (κ2) is 12.3. The zero-order valence-corrected chi connectivity index (χ0v) is 20.5. The van der Waals surface area contributed by atoms with Crippen molar-refractivity contribution in [1.82, 2.24) is 15.3 Å². The van der Waals surface area contributed by atoms with E-state index in [-0.39, 0.29) is 24.4 Å². The highest BCUT2D eigenvalue weighted by molar-refractivity contribution is 6.00. The van der Waals surface area contributed by atoms with Gasteiger partial charge in [-0.25, -0.2) is 9.18 Å². The molecule has 0 aliphatic carbocycles. The van der Waals surface area contributed by atoms with Crippen LogP contribution in [0.25, 0.3) is 11.4 Å². The number of halogens is 1. The van der Waals surface area contributed by atoms with Crippen LogP contribution < -0.4 is 26.4 Å². The van der Waals surface area contributed by atoms with Gasteiger partial charge in [0.05, 0.1) is 29.1 Å². The molecule has 39 heavy (non-hydrogen) atoms. The lowest BCUT2D eigenvalue weighted by atomic mass is 10.2. The monoisotopic (exact) mass is 532 g/mol. The number of carbonyl (C=O) groups is 3. The van der Waals surface area contributed by atoms with Gasteiger partial charge in [-0.1, -0.05) is 12.1 Å². The predicted octanol–water partition coefficient (Wildman–Crippen LogP) is 4.32. The summed E-state index contributed by atoms with van der Waals surface area (Å²) >= 11 is 0. The van der Waals surface area contributed by atoms with E-state index in [0.29, 0.717) is 34.9 Å². The Hall–Kier alpha value is -5.23. The zero-order valence-electron chi connectivity index (χ0n) is 20.5. The maximum atomic E-state index is 14.7. The zero-order chi connectivity index (χ0) is 27.8. The number of anilines is 2. The number of amides is 3. The number of carboxylic acid groups (broad SMARTS) is 1. The molecule has 0 radical (unpaired) electrons. The summed E-state index contributed by atoms with van der Waals surface area (Å²) in [4.78, 5) is 42.3. The van der Waals surface area contributed by atoms with E-state index in [1.807, 2.05) is 6.07 Å². The van der Waals surface area contributed by atoms with Gasteiger partial charge in [-0.2, -0.15) is 0 Å². The van der Waals surface area contributed by atoms with Gasteiger partial charge in [0.1, 0.15) is 17.3 Å². The largest absolute Gasteiger partial charge is 0.481 e. The molecule has 0 atom stereocenters. The maximum absolute atomic E-state index is 14.7. The Balaban J connectivity index is 1.38. The predicted molar refractivity (Wildman–Crippen MR) is 142 cm³/mol. The molecule has 3 amide bonds. The smallest absolute Gasteiger partial charge is 0.323 e. The molecule has 7 N–H and O–H groups in total. The number of urea groups is 1. The number of ether oxygens (including phenoxy) is 1. The van der Waals surface area contributed by atoms with Crippen LogP contribution in [0.4, 0.5) is 20.6 Å². The average Bonchev–Trinajstić information content (AvgIpc) is 3.41. The number of carbonyl (C=O) groups excluding carboxylic acids is 2. The van der Waals surface area contributed by atoms with E-state index in [0.717, 1.165) is 11.6 Å². The molecular weight excluding hydrogens is 507 g/mol. The molecule has 11 nitrogen and oxygen atoms in total. The molecule has 2 aromatic carbocycles. The van der Waals surface area contributed by atoms with E-state index in [4.69, 9.17) is 15.6 Å². The molecule has 12 heteroatoms. The first kappa shape index (κ1) is 26.8. The van der Waals surface area contributed by atoms with E-state index in [2.05, 4.69) is 25.9 Å². The number of H-pyrrole nitrogens is 1. The summed E-state index contributed by atoms with van der Waals surface area (Å²) in [7, 11) is 0. The second-order valence-electron chi connectivity index (χ2n) is 8.31. The molecule has 4 rings (SSSR count). The van der Waals surface area contributed by atoms with Crippen molar-refractivity contribution >= 4 is 29.3 Å². The van der Waals surface area contributed by atoms with Crippen molar-refractivity contribution in [2.75, 3.05) is 17.2 Å². The summed E-state index contributed by atoms with van der Waals surface area (Å²) in [6.07, 6.45) is 2.79. The van der Waals surface area contributed by atoms with Crippen molar-refractivity contribution in [1.29, 1.82) is 0 Å². The highest BCUT2D eigenvalue weighted by Gasteiger charge is 2.13. The first-order chi connectivity index (χ1) is 18.8. The standard InChI is InChI=1S/C27H25FN6O5/c28-21-12-19(4-5-22(21)34-27(38)33-18-3-1-2-16(10-18)14-29)39-20-6-8-30-24(13-20)23-11-17(15-32-23)26(37)31-9-7-25(35)36/h1-6,8,10-13,15,32H,7,9,14,29H2,(H,31,37)(H,35,36)(H2,33,34,38). The third-order valence-electron chi connectivity index (χ3n) is 5.42. The number of nitrogens with one attached hydrogen (secondary N) is 4. The van der Waals surface area contributed by atoms with Crippen LogP contribution in [-0.4, -0.2) is 39.5 Å². The minimum absolute atomic E-state index is 0.00839. The van der Waals surface area contributed by atoms with Crippen LogP contribution in [0.2, 0.25) is 0 Å². The van der Waals surface area contributed by atoms with E-state index < -0.39 is 23.7 Å². The summed E-state index contributed by atoms with van der Waals surface area (Å²) in [6, 6.07) is 15.2. The van der Waals surface area contributed by atoms with Crippen LogP contribution >= 0.6 is 0 Å². The number of rotatable bonds is 10. The topological polar surface area (TPSA) is 171 Å². The van der Waals surface area contributed by atoms with Crippen molar-refractivity contribution in [3.8, 4) is 22.9 Å². The molecule has 0 bridgehead atoms. The molecule has 0 unspecified atom stereocenters. The fourth-order valence-corrected chi connectivity index (χ4v) is 3.54. The van der Waals surface area contributed by atoms with Gasteiger partial charge in [-0.3, -0.25) is 14.6 Å². The van der Waals surface area contributed by atoms with Gasteiger partial charge in [0.25, 0.3) is 5.91 Å². The third-order valence-corrected chi connectivity index (χ3v) is 5.42. The first-order valence-corrected chi connectivity index (χ1v) is 11.8. The Morgan fingerprint density at radius 2 is 1.85 bits per heavy atom. The lowest BCUT2D eigenvalue weighted by Gasteiger charge is -2.11. The highest BCUT2D eigenvalue weighted by Crippen LogP contribution is 2.28. The summed E-state index contributed by atoms with van der Waals surface area (Å²) in [5.74, 6) is -1.58. The van der Waals surface area contributed by atoms with Crippen LogP contribution in [0.5, 0.6) is 11.5 Å². The summed E-state index contributed by atoms with van der Waals surface area (Å²) in [5.41, 5.74) is 8.24. The van der Waals surface area contributed by atoms with Crippen molar-refractivity contribution in [3.05, 3.63) is 90.0 Å². The van der Waals surface area contributed by atoms with Gasteiger partial charge in [-0.05, 0) is 42.0 Å². The fraction of sp³-hybridized carbons (Fsp3) is 0.111. The van der Waals surface area contributed by atoms with Gasteiger partial charge < -0.3 is 36.5 Å². The van der Waals surface area contributed by atoms with Gasteiger partial charge in [0.15, 0.2) is 0 Å². The van der Waals surface area contributed by atoms with Crippen molar-refractivity contribution < 1.29 is 28.6 Å². The number of pyridine rings is 1. The summed E-state index contributed by atoms with van der Waals surface area (Å²) in [5, 5.41) is 16.3. The van der Waals surface area contributed by atoms with Gasteiger partial charge in [-0.15, -0.1) is 0 Å². The Kier molecular flexibility index (Phi) is 8.49. The lowest BCUT2D eigenvalue weighted by Crippen LogP contribution is -2.25. The summed E-state index contributed by atoms with van der Waals surface area (Å²) in [6.45, 7) is 0.333.